The third-order valence-corrected chi connectivity index (χ3v) is 7.33. The fourth-order valence-electron chi connectivity index (χ4n) is 5.68. The Labute approximate surface area is 195 Å². The summed E-state index contributed by atoms with van der Waals surface area (Å²) in [6.07, 6.45) is 11.5. The molecule has 33 heavy (non-hydrogen) atoms. The quantitative estimate of drug-likeness (QED) is 0.606. The molecule has 1 aliphatic heterocycles. The maximum absolute atomic E-state index is 13.7. The number of hydrogen-bond donors (Lipinski definition) is 1. The number of carbonyl (C=O) groups is 2. The van der Waals surface area contributed by atoms with Gasteiger partial charge >= 0.3 is 0 Å². The van der Waals surface area contributed by atoms with Gasteiger partial charge in [-0.2, -0.15) is 0 Å². The van der Waals surface area contributed by atoms with Gasteiger partial charge in [-0.3, -0.25) is 14.6 Å². The molecule has 1 aromatic heterocycles. The molecule has 3 aromatic rings. The monoisotopic (exact) mass is 441 g/mol. The molecule has 1 saturated heterocycles. The molecule has 2 fully saturated rings. The Kier molecular flexibility index (Phi) is 6.38. The highest BCUT2D eigenvalue weighted by molar-refractivity contribution is 6.14. The van der Waals surface area contributed by atoms with Crippen molar-refractivity contribution in [2.45, 2.75) is 51.0 Å². The number of piperidine rings is 1. The number of likely N-dealkylation sites (tertiary alicyclic amines) is 1. The zero-order chi connectivity index (χ0) is 22.6. The molecule has 5 nitrogen and oxygen atoms in total. The summed E-state index contributed by atoms with van der Waals surface area (Å²) >= 11 is 0. The highest BCUT2D eigenvalue weighted by Crippen LogP contribution is 2.36. The molecular weight excluding hydrogens is 410 g/mol. The summed E-state index contributed by atoms with van der Waals surface area (Å²) in [5, 5.41) is 4.72. The highest BCUT2D eigenvalue weighted by Gasteiger charge is 2.36. The number of nitrogens with zero attached hydrogens (tertiary/aromatic N) is 2. The number of nitrogens with one attached hydrogen (secondary N) is 1. The number of aromatic nitrogens is 1. The van der Waals surface area contributed by atoms with Gasteiger partial charge in [-0.05, 0) is 72.6 Å². The third kappa shape index (κ3) is 4.50. The van der Waals surface area contributed by atoms with Crippen LogP contribution in [0.25, 0.3) is 10.8 Å². The largest absolute Gasteiger partial charge is 0.352 e. The molecule has 2 amide bonds. The lowest BCUT2D eigenvalue weighted by Crippen LogP contribution is -2.49. The van der Waals surface area contributed by atoms with Crippen LogP contribution in [0.3, 0.4) is 0 Å². The van der Waals surface area contributed by atoms with Gasteiger partial charge < -0.3 is 10.2 Å². The van der Waals surface area contributed by atoms with E-state index in [1.807, 2.05) is 54.7 Å². The maximum Gasteiger partial charge on any atom is 0.254 e. The van der Waals surface area contributed by atoms with E-state index >= 15 is 0 Å². The zero-order valence-electron chi connectivity index (χ0n) is 19.0. The van der Waals surface area contributed by atoms with Gasteiger partial charge in [0.1, 0.15) is 0 Å². The molecule has 2 heterocycles. The maximum atomic E-state index is 13.7. The van der Waals surface area contributed by atoms with Crippen molar-refractivity contribution in [2.24, 2.45) is 5.92 Å². The first kappa shape index (κ1) is 21.6. The van der Waals surface area contributed by atoms with Crippen LogP contribution in [0.5, 0.6) is 0 Å². The van der Waals surface area contributed by atoms with Crippen LogP contribution in [0.1, 0.15) is 64.8 Å². The minimum Gasteiger partial charge on any atom is -0.352 e. The van der Waals surface area contributed by atoms with Crippen molar-refractivity contribution in [1.29, 1.82) is 0 Å². The molecule has 170 valence electrons. The molecule has 0 bridgehead atoms. The molecule has 5 heteroatoms. The number of benzene rings is 2. The van der Waals surface area contributed by atoms with Crippen molar-refractivity contribution in [3.05, 3.63) is 77.6 Å². The van der Waals surface area contributed by atoms with Gasteiger partial charge in [-0.15, -0.1) is 0 Å². The molecule has 1 aliphatic carbocycles. The van der Waals surface area contributed by atoms with E-state index in [1.165, 1.54) is 25.7 Å². The SMILES string of the molecule is O=C(NCCc1cccnc1)c1ccc(C(=O)N2CCC[C@@H]3CCCC[C@@H]32)c2ccccc12. The van der Waals surface area contributed by atoms with E-state index in [9.17, 15) is 9.59 Å². The number of carbonyl (C=O) groups excluding carboxylic acids is 2. The smallest absolute Gasteiger partial charge is 0.254 e. The molecule has 0 unspecified atom stereocenters. The van der Waals surface area contributed by atoms with Crippen LogP contribution in [0.2, 0.25) is 0 Å². The van der Waals surface area contributed by atoms with Crippen LogP contribution in [0.15, 0.2) is 60.9 Å². The lowest BCUT2D eigenvalue weighted by molar-refractivity contribution is 0.0392. The number of pyridine rings is 1. The Balaban J connectivity index is 1.37. The van der Waals surface area contributed by atoms with Crippen LogP contribution < -0.4 is 5.32 Å². The summed E-state index contributed by atoms with van der Waals surface area (Å²) < 4.78 is 0. The minimum atomic E-state index is -0.112. The van der Waals surface area contributed by atoms with Gasteiger partial charge in [-0.1, -0.05) is 43.2 Å². The Morgan fingerprint density at radius 1 is 0.909 bits per heavy atom. The average Bonchev–Trinajstić information content (AvgIpc) is 2.88. The van der Waals surface area contributed by atoms with Crippen molar-refractivity contribution in [1.82, 2.24) is 15.2 Å². The minimum absolute atomic E-state index is 0.112. The standard InChI is InChI=1S/C28H31N3O2/c32-27(30-17-15-20-7-5-16-29-19-20)24-13-14-25(23-11-3-2-10-22(23)24)28(33)31-18-6-9-21-8-1-4-12-26(21)31/h2-3,5,7,10-11,13-14,16,19,21,26H,1,4,6,8-9,12,15,17-18H2,(H,30,32)/t21-,26-/m0/s1. The topological polar surface area (TPSA) is 62.3 Å². The normalized spacial score (nSPS) is 20.3. The lowest BCUT2D eigenvalue weighted by Gasteiger charge is -2.44. The summed E-state index contributed by atoms with van der Waals surface area (Å²) in [6, 6.07) is 15.7. The van der Waals surface area contributed by atoms with Gasteiger partial charge in [0, 0.05) is 42.7 Å². The van der Waals surface area contributed by atoms with Gasteiger partial charge in [0.2, 0.25) is 0 Å². The molecule has 2 aliphatic rings. The first-order chi connectivity index (χ1) is 16.2. The number of hydrogen-bond acceptors (Lipinski definition) is 3. The van der Waals surface area contributed by atoms with Crippen molar-refractivity contribution in [3.8, 4) is 0 Å². The summed E-state index contributed by atoms with van der Waals surface area (Å²) in [7, 11) is 0. The van der Waals surface area contributed by atoms with Crippen molar-refractivity contribution in [2.75, 3.05) is 13.1 Å². The predicted molar refractivity (Wildman–Crippen MR) is 130 cm³/mol. The van der Waals surface area contributed by atoms with E-state index in [2.05, 4.69) is 15.2 Å². The van der Waals surface area contributed by atoms with E-state index in [-0.39, 0.29) is 11.8 Å². The zero-order valence-corrected chi connectivity index (χ0v) is 19.0. The molecule has 2 aromatic carbocycles. The van der Waals surface area contributed by atoms with Crippen molar-refractivity contribution in [3.63, 3.8) is 0 Å². The Bertz CT molecular complexity index is 1140. The van der Waals surface area contributed by atoms with Crippen LogP contribution in [0, 0.1) is 5.92 Å². The van der Waals surface area contributed by atoms with E-state index in [1.54, 1.807) is 6.20 Å². The van der Waals surface area contributed by atoms with Crippen LogP contribution >= 0.6 is 0 Å². The van der Waals surface area contributed by atoms with Gasteiger partial charge in [0.15, 0.2) is 0 Å². The van der Waals surface area contributed by atoms with E-state index in [4.69, 9.17) is 0 Å². The summed E-state index contributed by atoms with van der Waals surface area (Å²) in [5.74, 6) is 0.651. The van der Waals surface area contributed by atoms with Crippen LogP contribution in [0.4, 0.5) is 0 Å². The third-order valence-electron chi connectivity index (χ3n) is 7.33. The van der Waals surface area contributed by atoms with Crippen LogP contribution in [-0.4, -0.2) is 40.8 Å². The molecule has 0 radical (unpaired) electrons. The number of rotatable bonds is 5. The number of fused-ring (bicyclic) bond motifs is 2. The fraction of sp³-hybridized carbons (Fsp3) is 0.393. The Hall–Kier alpha value is -3.21. The second-order valence-corrected chi connectivity index (χ2v) is 9.33. The molecule has 2 atom stereocenters. The summed E-state index contributed by atoms with van der Waals surface area (Å²) in [4.78, 5) is 32.9. The molecule has 5 rings (SSSR count). The highest BCUT2D eigenvalue weighted by atomic mass is 16.2. The van der Waals surface area contributed by atoms with Crippen molar-refractivity contribution >= 4 is 22.6 Å². The number of amides is 2. The second-order valence-electron chi connectivity index (χ2n) is 9.33. The average molecular weight is 442 g/mol. The lowest BCUT2D eigenvalue weighted by atomic mass is 9.78. The Morgan fingerprint density at radius 2 is 1.67 bits per heavy atom. The van der Waals surface area contributed by atoms with Crippen molar-refractivity contribution < 1.29 is 9.59 Å². The van der Waals surface area contributed by atoms with E-state index in [0.717, 1.165) is 42.1 Å². The van der Waals surface area contributed by atoms with Gasteiger partial charge in [-0.25, -0.2) is 0 Å². The van der Waals surface area contributed by atoms with E-state index in [0.29, 0.717) is 29.6 Å². The van der Waals surface area contributed by atoms with Gasteiger partial charge in [0.25, 0.3) is 11.8 Å². The first-order valence-electron chi connectivity index (χ1n) is 12.2. The summed E-state index contributed by atoms with van der Waals surface area (Å²) in [5.41, 5.74) is 2.41. The van der Waals surface area contributed by atoms with Gasteiger partial charge in [0.05, 0.1) is 0 Å². The molecule has 0 spiro atoms. The fourth-order valence-corrected chi connectivity index (χ4v) is 5.68. The van der Waals surface area contributed by atoms with Crippen LogP contribution in [-0.2, 0) is 6.42 Å². The molecule has 1 N–H and O–H groups in total. The second kappa shape index (κ2) is 9.74. The molecule has 1 saturated carbocycles. The molecular formula is C28H31N3O2. The van der Waals surface area contributed by atoms with E-state index < -0.39 is 0 Å². The Morgan fingerprint density at radius 3 is 2.48 bits per heavy atom. The summed E-state index contributed by atoms with van der Waals surface area (Å²) in [6.45, 7) is 1.38. The predicted octanol–water partition coefficient (Wildman–Crippen LogP) is 5.00. The first-order valence-corrected chi connectivity index (χ1v) is 12.2.